The fraction of sp³-hybridized carbons (Fsp3) is 0.917. The summed E-state index contributed by atoms with van der Waals surface area (Å²) in [6.45, 7) is 1.60. The highest BCUT2D eigenvalue weighted by atomic mass is 127. The van der Waals surface area contributed by atoms with Crippen LogP contribution in [-0.4, -0.2) is 27.5 Å². The zero-order valence-electron chi connectivity index (χ0n) is 9.82. The Morgan fingerprint density at radius 3 is 2.56 bits per heavy atom. The number of hydrogen-bond donors (Lipinski definition) is 0. The third-order valence-electron chi connectivity index (χ3n) is 3.75. The number of nitrogens with zero attached hydrogens (tertiary/aromatic N) is 1. The van der Waals surface area contributed by atoms with Crippen LogP contribution in [0.25, 0.3) is 0 Å². The molecular formula is C12H20INO2. The molecule has 0 aromatic rings. The van der Waals surface area contributed by atoms with Gasteiger partial charge in [0.2, 0.25) is 5.91 Å². The minimum absolute atomic E-state index is 0.0555. The molecule has 2 aliphatic rings. The maximum absolute atomic E-state index is 11.4. The fourth-order valence-corrected chi connectivity index (χ4v) is 3.60. The molecule has 0 N–H and O–H groups in total. The van der Waals surface area contributed by atoms with Crippen LogP contribution in [0.5, 0.6) is 0 Å². The largest absolute Gasteiger partial charge is 0.273 e. The van der Waals surface area contributed by atoms with Gasteiger partial charge in [-0.15, -0.1) is 0 Å². The predicted octanol–water partition coefficient (Wildman–Crippen LogP) is 2.92. The summed E-state index contributed by atoms with van der Waals surface area (Å²) in [7, 11) is 0. The van der Waals surface area contributed by atoms with Crippen molar-refractivity contribution in [2.45, 2.75) is 57.6 Å². The normalized spacial score (nSPS) is 32.0. The molecular weight excluding hydrogens is 317 g/mol. The van der Waals surface area contributed by atoms with Crippen molar-refractivity contribution in [1.29, 1.82) is 0 Å². The van der Waals surface area contributed by atoms with Crippen molar-refractivity contribution in [1.82, 2.24) is 5.06 Å². The zero-order chi connectivity index (χ0) is 11.5. The van der Waals surface area contributed by atoms with Crippen LogP contribution in [-0.2, 0) is 9.63 Å². The average Bonchev–Trinajstić information content (AvgIpc) is 2.74. The Bertz CT molecular complexity index is 253. The van der Waals surface area contributed by atoms with Crippen molar-refractivity contribution in [2.75, 3.05) is 4.43 Å². The summed E-state index contributed by atoms with van der Waals surface area (Å²) in [4.78, 5) is 17.3. The summed E-state index contributed by atoms with van der Waals surface area (Å²) in [6.07, 6.45) is 7.93. The first-order chi connectivity index (χ1) is 7.72. The molecule has 1 aliphatic heterocycles. The van der Waals surface area contributed by atoms with Crippen LogP contribution in [0.2, 0.25) is 0 Å². The van der Waals surface area contributed by atoms with Gasteiger partial charge in [-0.05, 0) is 18.8 Å². The van der Waals surface area contributed by atoms with E-state index in [1.54, 1.807) is 12.0 Å². The molecule has 4 heteroatoms. The van der Waals surface area contributed by atoms with Gasteiger partial charge in [0, 0.05) is 17.8 Å². The van der Waals surface area contributed by atoms with Gasteiger partial charge < -0.3 is 0 Å². The summed E-state index contributed by atoms with van der Waals surface area (Å²) in [5, 5.41) is 1.62. The third-order valence-corrected chi connectivity index (χ3v) is 4.77. The molecule has 2 atom stereocenters. The van der Waals surface area contributed by atoms with Gasteiger partial charge in [-0.1, -0.05) is 41.9 Å². The van der Waals surface area contributed by atoms with E-state index in [-0.39, 0.29) is 5.91 Å². The van der Waals surface area contributed by atoms with E-state index in [2.05, 4.69) is 22.6 Å². The molecule has 0 bridgehead atoms. The summed E-state index contributed by atoms with van der Waals surface area (Å²) in [6, 6.07) is 0.296. The van der Waals surface area contributed by atoms with E-state index in [0.717, 1.165) is 10.8 Å². The lowest BCUT2D eigenvalue weighted by atomic mass is 9.84. The fourth-order valence-electron chi connectivity index (χ4n) is 2.88. The Hall–Kier alpha value is 0.160. The van der Waals surface area contributed by atoms with E-state index in [0.29, 0.717) is 18.1 Å². The van der Waals surface area contributed by atoms with Gasteiger partial charge in [0.1, 0.15) is 0 Å². The second-order valence-electron chi connectivity index (χ2n) is 4.93. The van der Waals surface area contributed by atoms with Crippen LogP contribution < -0.4 is 0 Å². The summed E-state index contributed by atoms with van der Waals surface area (Å²) < 4.78 is 0.973. The highest BCUT2D eigenvalue weighted by molar-refractivity contribution is 14.1. The number of hydroxylamine groups is 2. The molecule has 2 fully saturated rings. The summed E-state index contributed by atoms with van der Waals surface area (Å²) in [5.74, 6) is 0.739. The van der Waals surface area contributed by atoms with E-state index >= 15 is 0 Å². The Labute approximate surface area is 111 Å². The van der Waals surface area contributed by atoms with Crippen molar-refractivity contribution < 1.29 is 9.63 Å². The molecule has 1 saturated heterocycles. The van der Waals surface area contributed by atoms with Gasteiger partial charge in [0.25, 0.3) is 0 Å². The van der Waals surface area contributed by atoms with Gasteiger partial charge in [-0.2, -0.15) is 0 Å². The minimum atomic E-state index is 0.0555. The molecule has 3 nitrogen and oxygen atoms in total. The Morgan fingerprint density at radius 2 is 2.06 bits per heavy atom. The molecule has 1 saturated carbocycles. The van der Waals surface area contributed by atoms with Crippen molar-refractivity contribution in [3.05, 3.63) is 0 Å². The lowest BCUT2D eigenvalue weighted by Crippen LogP contribution is -2.33. The molecule has 0 aromatic carbocycles. The van der Waals surface area contributed by atoms with E-state index in [1.807, 2.05) is 0 Å². The second kappa shape index (κ2) is 5.67. The van der Waals surface area contributed by atoms with Crippen LogP contribution in [0, 0.1) is 5.92 Å². The molecule has 0 aromatic heterocycles. The molecule has 0 unspecified atom stereocenters. The average molecular weight is 337 g/mol. The molecule has 0 spiro atoms. The number of hydrogen-bond acceptors (Lipinski definition) is 2. The van der Waals surface area contributed by atoms with Crippen LogP contribution >= 0.6 is 22.6 Å². The lowest BCUT2D eigenvalue weighted by Gasteiger charge is -2.26. The van der Waals surface area contributed by atoms with E-state index in [1.165, 1.54) is 32.1 Å². The van der Waals surface area contributed by atoms with E-state index in [4.69, 9.17) is 4.84 Å². The molecule has 0 radical (unpaired) electrons. The standard InChI is InChI=1S/C12H20INO2/c1-9(15)14-11(8-13)7-12(16-14)10-5-3-2-4-6-10/h10-12H,2-8H2,1H3/t11-,12+/m1/s1. The first-order valence-electron chi connectivity index (χ1n) is 6.25. The Balaban J connectivity index is 1.95. The molecule has 1 heterocycles. The number of alkyl halides is 1. The SMILES string of the molecule is CC(=O)N1O[C@H](C2CCCCC2)C[C@@H]1CI. The predicted molar refractivity (Wildman–Crippen MR) is 71.3 cm³/mol. The Kier molecular flexibility index (Phi) is 4.47. The van der Waals surface area contributed by atoms with Crippen LogP contribution in [0.4, 0.5) is 0 Å². The first-order valence-corrected chi connectivity index (χ1v) is 7.77. The quantitative estimate of drug-likeness (QED) is 0.573. The number of rotatable bonds is 2. The summed E-state index contributed by atoms with van der Waals surface area (Å²) >= 11 is 2.35. The molecule has 2 rings (SSSR count). The molecule has 1 aliphatic carbocycles. The van der Waals surface area contributed by atoms with Crippen molar-refractivity contribution in [3.8, 4) is 0 Å². The lowest BCUT2D eigenvalue weighted by molar-refractivity contribution is -0.190. The first kappa shape index (κ1) is 12.6. The van der Waals surface area contributed by atoms with Gasteiger partial charge in [-0.25, -0.2) is 5.06 Å². The van der Waals surface area contributed by atoms with Crippen LogP contribution in [0.15, 0.2) is 0 Å². The van der Waals surface area contributed by atoms with Gasteiger partial charge in [-0.3, -0.25) is 9.63 Å². The molecule has 92 valence electrons. The Morgan fingerprint density at radius 1 is 1.38 bits per heavy atom. The van der Waals surface area contributed by atoms with E-state index < -0.39 is 0 Å². The van der Waals surface area contributed by atoms with Crippen LogP contribution in [0.1, 0.15) is 45.4 Å². The highest BCUT2D eigenvalue weighted by Gasteiger charge is 2.38. The monoisotopic (exact) mass is 337 g/mol. The second-order valence-corrected chi connectivity index (χ2v) is 5.81. The zero-order valence-corrected chi connectivity index (χ0v) is 12.0. The number of amides is 1. The summed E-state index contributed by atoms with van der Waals surface area (Å²) in [5.41, 5.74) is 0. The van der Waals surface area contributed by atoms with Gasteiger partial charge in [0.15, 0.2) is 0 Å². The third kappa shape index (κ3) is 2.70. The van der Waals surface area contributed by atoms with E-state index in [9.17, 15) is 4.79 Å². The van der Waals surface area contributed by atoms with Crippen LogP contribution in [0.3, 0.4) is 0 Å². The molecule has 16 heavy (non-hydrogen) atoms. The van der Waals surface area contributed by atoms with Gasteiger partial charge >= 0.3 is 0 Å². The molecule has 1 amide bonds. The number of carbonyl (C=O) groups excluding carboxylic acids is 1. The topological polar surface area (TPSA) is 29.5 Å². The maximum Gasteiger partial charge on any atom is 0.243 e. The van der Waals surface area contributed by atoms with Crippen molar-refractivity contribution >= 4 is 28.5 Å². The smallest absolute Gasteiger partial charge is 0.243 e. The number of halogens is 1. The van der Waals surface area contributed by atoms with Crippen molar-refractivity contribution in [2.24, 2.45) is 5.92 Å². The maximum atomic E-state index is 11.4. The van der Waals surface area contributed by atoms with Gasteiger partial charge in [0.05, 0.1) is 12.1 Å². The minimum Gasteiger partial charge on any atom is -0.273 e. The van der Waals surface area contributed by atoms with Crippen molar-refractivity contribution in [3.63, 3.8) is 0 Å². The highest BCUT2D eigenvalue weighted by Crippen LogP contribution is 2.35. The number of carbonyl (C=O) groups is 1.